The smallest absolute Gasteiger partial charge is 0.0665 e. The molecule has 0 radical (unpaired) electrons. The minimum Gasteiger partial charge on any atom is -0.285 e. The van der Waals surface area contributed by atoms with Crippen LogP contribution in [0.4, 0.5) is 0 Å². The average molecular weight is 313 g/mol. The summed E-state index contributed by atoms with van der Waals surface area (Å²) in [5.41, 5.74) is 6.33. The Hall–Kier alpha value is -1.93. The van der Waals surface area contributed by atoms with E-state index in [1.165, 1.54) is 0 Å². The van der Waals surface area contributed by atoms with Gasteiger partial charge in [0.05, 0.1) is 5.71 Å². The first-order valence-electron chi connectivity index (χ1n) is 7.51. The molecule has 2 rings (SSSR count). The van der Waals surface area contributed by atoms with Crippen LogP contribution >= 0.6 is 11.6 Å². The first-order valence-corrected chi connectivity index (χ1v) is 7.89. The Bertz CT molecular complexity index is 706. The minimum atomic E-state index is 0.748. The van der Waals surface area contributed by atoms with Crippen LogP contribution in [0.15, 0.2) is 57.7 Å². The van der Waals surface area contributed by atoms with Crippen LogP contribution in [0.3, 0.4) is 0 Å². The van der Waals surface area contributed by atoms with Crippen molar-refractivity contribution in [3.63, 3.8) is 0 Å². The van der Waals surface area contributed by atoms with Crippen LogP contribution < -0.4 is 0 Å². The van der Waals surface area contributed by atoms with Crippen LogP contribution in [0.2, 0.25) is 5.02 Å². The van der Waals surface area contributed by atoms with Gasteiger partial charge >= 0.3 is 0 Å². The van der Waals surface area contributed by atoms with Gasteiger partial charge in [-0.15, -0.1) is 0 Å². The highest BCUT2D eigenvalue weighted by molar-refractivity contribution is 6.31. The lowest BCUT2D eigenvalue weighted by molar-refractivity contribution is 1.13. The zero-order valence-electron chi connectivity index (χ0n) is 13.4. The van der Waals surface area contributed by atoms with E-state index in [2.05, 4.69) is 41.8 Å². The van der Waals surface area contributed by atoms with Crippen molar-refractivity contribution in [3.05, 3.63) is 63.8 Å². The molecule has 1 aromatic rings. The number of hydrogen-bond acceptors (Lipinski definition) is 2. The van der Waals surface area contributed by atoms with Gasteiger partial charge in [0.2, 0.25) is 0 Å². The van der Waals surface area contributed by atoms with Crippen LogP contribution in [-0.2, 0) is 6.42 Å². The standard InChI is InChI=1S/C19H21ClN2/c1-5-14-11-15(7-9-18(14)20)16-8-10-19(22-6-2)17(12-16)13(3)21-4/h7-12H,4-6H2,1-3H3/b17-13-,22-19?. The van der Waals surface area contributed by atoms with Gasteiger partial charge in [-0.1, -0.05) is 30.7 Å². The van der Waals surface area contributed by atoms with Gasteiger partial charge in [0.15, 0.2) is 0 Å². The number of nitrogens with zero attached hydrogens (tertiary/aromatic N) is 2. The van der Waals surface area contributed by atoms with E-state index < -0.39 is 0 Å². The van der Waals surface area contributed by atoms with E-state index in [4.69, 9.17) is 11.6 Å². The summed E-state index contributed by atoms with van der Waals surface area (Å²) in [6.45, 7) is 10.5. The number of allylic oxidation sites excluding steroid dienone is 6. The lowest BCUT2D eigenvalue weighted by Gasteiger charge is -2.15. The second-order valence-electron chi connectivity index (χ2n) is 5.11. The van der Waals surface area contributed by atoms with E-state index in [-0.39, 0.29) is 0 Å². The van der Waals surface area contributed by atoms with E-state index in [1.54, 1.807) is 0 Å². The molecule has 0 fully saturated rings. The van der Waals surface area contributed by atoms with Crippen LogP contribution in [0.25, 0.3) is 5.57 Å². The van der Waals surface area contributed by atoms with E-state index in [9.17, 15) is 0 Å². The summed E-state index contributed by atoms with van der Waals surface area (Å²) in [5.74, 6) is 0. The van der Waals surface area contributed by atoms with Crippen molar-refractivity contribution in [3.8, 4) is 0 Å². The Labute approximate surface area is 137 Å². The van der Waals surface area contributed by atoms with Crippen molar-refractivity contribution in [1.82, 2.24) is 0 Å². The molecule has 0 saturated carbocycles. The number of aliphatic imine (C=N–C) groups is 2. The number of aryl methyl sites for hydroxylation is 1. The predicted molar refractivity (Wildman–Crippen MR) is 98.2 cm³/mol. The van der Waals surface area contributed by atoms with Gasteiger partial charge in [0, 0.05) is 22.8 Å². The normalized spacial score (nSPS) is 18.4. The first-order chi connectivity index (χ1) is 10.6. The predicted octanol–water partition coefficient (Wildman–Crippen LogP) is 5.29. The van der Waals surface area contributed by atoms with Crippen LogP contribution in [0.1, 0.15) is 31.9 Å². The second-order valence-corrected chi connectivity index (χ2v) is 5.52. The Morgan fingerprint density at radius 3 is 2.64 bits per heavy atom. The quantitative estimate of drug-likeness (QED) is 0.675. The highest BCUT2D eigenvalue weighted by atomic mass is 35.5. The van der Waals surface area contributed by atoms with Gasteiger partial charge in [-0.3, -0.25) is 9.98 Å². The maximum absolute atomic E-state index is 6.21. The SMILES string of the molecule is C=N/C(C)=C1/C=C(c2ccc(Cl)c(CC)c2)C=CC1=NCC. The fourth-order valence-electron chi connectivity index (χ4n) is 2.42. The van der Waals surface area contributed by atoms with Crippen molar-refractivity contribution in [1.29, 1.82) is 0 Å². The molecule has 1 aliphatic rings. The molecule has 0 spiro atoms. The van der Waals surface area contributed by atoms with Crippen molar-refractivity contribution in [2.45, 2.75) is 27.2 Å². The van der Waals surface area contributed by atoms with Crippen molar-refractivity contribution >= 4 is 29.6 Å². The maximum atomic E-state index is 6.21. The monoisotopic (exact) mass is 312 g/mol. The van der Waals surface area contributed by atoms with Gasteiger partial charge in [0.1, 0.15) is 0 Å². The third kappa shape index (κ3) is 3.45. The largest absolute Gasteiger partial charge is 0.285 e. The van der Waals surface area contributed by atoms with Gasteiger partial charge in [-0.05, 0) is 68.0 Å². The Morgan fingerprint density at radius 2 is 2.00 bits per heavy atom. The molecule has 1 aromatic carbocycles. The third-order valence-electron chi connectivity index (χ3n) is 3.71. The number of rotatable bonds is 4. The average Bonchev–Trinajstić information content (AvgIpc) is 2.55. The highest BCUT2D eigenvalue weighted by Gasteiger charge is 2.13. The van der Waals surface area contributed by atoms with Crippen molar-refractivity contribution in [2.24, 2.45) is 9.98 Å². The van der Waals surface area contributed by atoms with Crippen LogP contribution in [-0.4, -0.2) is 19.0 Å². The second kappa shape index (κ2) is 7.37. The lowest BCUT2D eigenvalue weighted by atomic mass is 9.93. The molecule has 0 saturated heterocycles. The lowest BCUT2D eigenvalue weighted by Crippen LogP contribution is -2.05. The molecule has 0 aliphatic heterocycles. The number of benzene rings is 1. The maximum Gasteiger partial charge on any atom is 0.0665 e. The van der Waals surface area contributed by atoms with Gasteiger partial charge < -0.3 is 0 Å². The fourth-order valence-corrected chi connectivity index (χ4v) is 2.68. The van der Waals surface area contributed by atoms with Gasteiger partial charge in [-0.25, -0.2) is 0 Å². The van der Waals surface area contributed by atoms with Gasteiger partial charge in [-0.2, -0.15) is 0 Å². The summed E-state index contributed by atoms with van der Waals surface area (Å²) < 4.78 is 0. The highest BCUT2D eigenvalue weighted by Crippen LogP contribution is 2.28. The Balaban J connectivity index is 2.51. The van der Waals surface area contributed by atoms with Crippen molar-refractivity contribution < 1.29 is 0 Å². The molecule has 0 aromatic heterocycles. The zero-order chi connectivity index (χ0) is 16.1. The summed E-state index contributed by atoms with van der Waals surface area (Å²) in [5, 5.41) is 0.819. The molecule has 3 heteroatoms. The molecule has 0 unspecified atom stereocenters. The third-order valence-corrected chi connectivity index (χ3v) is 4.08. The van der Waals surface area contributed by atoms with E-state index >= 15 is 0 Å². The number of hydrogen-bond donors (Lipinski definition) is 0. The summed E-state index contributed by atoms with van der Waals surface area (Å²) >= 11 is 6.21. The van der Waals surface area contributed by atoms with Crippen molar-refractivity contribution in [2.75, 3.05) is 6.54 Å². The molecule has 2 nitrogen and oxygen atoms in total. The Morgan fingerprint density at radius 1 is 1.23 bits per heavy atom. The topological polar surface area (TPSA) is 24.7 Å². The fraction of sp³-hybridized carbons (Fsp3) is 0.263. The first kappa shape index (κ1) is 16.4. The molecule has 1 aliphatic carbocycles. The van der Waals surface area contributed by atoms with E-state index in [0.717, 1.165) is 51.7 Å². The zero-order valence-corrected chi connectivity index (χ0v) is 14.1. The summed E-state index contributed by atoms with van der Waals surface area (Å²) in [4.78, 5) is 8.60. The molecular formula is C19H21ClN2. The van der Waals surface area contributed by atoms with Gasteiger partial charge in [0.25, 0.3) is 0 Å². The minimum absolute atomic E-state index is 0.748. The molecule has 0 heterocycles. The molecule has 0 N–H and O–H groups in total. The molecule has 22 heavy (non-hydrogen) atoms. The van der Waals surface area contributed by atoms with E-state index in [1.807, 2.05) is 32.1 Å². The molecular weight excluding hydrogens is 292 g/mol. The van der Waals surface area contributed by atoms with Crippen LogP contribution in [0, 0.1) is 0 Å². The molecule has 0 amide bonds. The van der Waals surface area contributed by atoms with E-state index in [0.29, 0.717) is 0 Å². The molecule has 114 valence electrons. The van der Waals surface area contributed by atoms with Crippen LogP contribution in [0.5, 0.6) is 0 Å². The summed E-state index contributed by atoms with van der Waals surface area (Å²) in [7, 11) is 0. The summed E-state index contributed by atoms with van der Waals surface area (Å²) in [6.07, 6.45) is 7.18. The summed E-state index contributed by atoms with van der Waals surface area (Å²) in [6, 6.07) is 6.16. The molecule has 0 atom stereocenters. The molecule has 0 bridgehead atoms. The number of halogens is 1. The Kier molecular flexibility index (Phi) is 5.51.